The average molecular weight is 393 g/mol. The molecular weight excluding hydrogens is 371 g/mol. The summed E-state index contributed by atoms with van der Waals surface area (Å²) in [6.45, 7) is 6.30. The van der Waals surface area contributed by atoms with E-state index in [1.807, 2.05) is 6.92 Å². The van der Waals surface area contributed by atoms with Crippen molar-refractivity contribution >= 4 is 24.3 Å². The normalized spacial score (nSPS) is 15.3. The molecule has 2 aromatic carbocycles. The van der Waals surface area contributed by atoms with Crippen LogP contribution in [-0.4, -0.2) is 27.1 Å². The summed E-state index contributed by atoms with van der Waals surface area (Å²) in [6.07, 6.45) is 2.42. The molecular formula is C21H22BF4O2-. The van der Waals surface area contributed by atoms with Crippen LogP contribution in [-0.2, 0) is 16.1 Å². The van der Waals surface area contributed by atoms with Crippen molar-refractivity contribution in [3.63, 3.8) is 0 Å². The molecule has 0 atom stereocenters. The van der Waals surface area contributed by atoms with Crippen LogP contribution in [0.2, 0.25) is 0 Å². The van der Waals surface area contributed by atoms with Gasteiger partial charge in [-0.15, -0.1) is 5.46 Å². The molecule has 0 bridgehead atoms. The van der Waals surface area contributed by atoms with Crippen LogP contribution < -0.4 is 10.9 Å². The summed E-state index contributed by atoms with van der Waals surface area (Å²) in [5.74, 6) is -5.42. The van der Waals surface area contributed by atoms with Crippen LogP contribution in [0.3, 0.4) is 0 Å². The van der Waals surface area contributed by atoms with Gasteiger partial charge in [-0.2, -0.15) is 0 Å². The number of benzene rings is 2. The molecule has 0 saturated carbocycles. The second-order valence-electron chi connectivity index (χ2n) is 7.56. The third-order valence-corrected chi connectivity index (χ3v) is 5.65. The lowest BCUT2D eigenvalue weighted by molar-refractivity contribution is -0.152. The third kappa shape index (κ3) is 4.01. The molecule has 0 N–H and O–H groups in total. The molecule has 0 spiro atoms. The van der Waals surface area contributed by atoms with Gasteiger partial charge in [-0.1, -0.05) is 43.8 Å². The largest absolute Gasteiger partial charge is 0.380 e. The molecule has 1 saturated heterocycles. The minimum atomic E-state index is -1.59. The first kappa shape index (κ1) is 20.6. The molecule has 0 aliphatic carbocycles. The highest BCUT2D eigenvalue weighted by molar-refractivity contribution is 6.67. The Hall–Kier alpha value is -2.12. The van der Waals surface area contributed by atoms with Gasteiger partial charge in [0.2, 0.25) is 0 Å². The van der Waals surface area contributed by atoms with Crippen molar-refractivity contribution in [2.24, 2.45) is 5.41 Å². The van der Waals surface area contributed by atoms with Gasteiger partial charge < -0.3 is 9.47 Å². The summed E-state index contributed by atoms with van der Waals surface area (Å²) in [7, 11) is -1.59. The Morgan fingerprint density at radius 2 is 1.68 bits per heavy atom. The molecule has 2 aromatic rings. The molecule has 0 amide bonds. The second-order valence-corrected chi connectivity index (χ2v) is 7.56. The molecule has 0 unspecified atom stereocenters. The molecule has 0 radical (unpaired) electrons. The van der Waals surface area contributed by atoms with E-state index in [2.05, 4.69) is 6.58 Å². The van der Waals surface area contributed by atoms with Crippen LogP contribution in [0.15, 0.2) is 30.8 Å². The molecule has 1 heterocycles. The Labute approximate surface area is 162 Å². The lowest BCUT2D eigenvalue weighted by Gasteiger charge is -2.40. The molecule has 7 heteroatoms. The van der Waals surface area contributed by atoms with Crippen LogP contribution in [0, 0.1) is 28.7 Å². The molecule has 3 rings (SSSR count). The average Bonchev–Trinajstić information content (AvgIpc) is 2.68. The van der Waals surface area contributed by atoms with Crippen molar-refractivity contribution in [3.8, 4) is 0 Å². The Balaban J connectivity index is 1.79. The van der Waals surface area contributed by atoms with E-state index in [4.69, 9.17) is 9.47 Å². The SMILES string of the molecule is C=Cc1ccc([BH2-]c2c(F)c(F)c(COCC3(CC)COC3)c(F)c2F)cc1. The van der Waals surface area contributed by atoms with E-state index in [1.165, 1.54) is 0 Å². The fourth-order valence-corrected chi connectivity index (χ4v) is 3.44. The van der Waals surface area contributed by atoms with Crippen LogP contribution in [0.5, 0.6) is 0 Å². The van der Waals surface area contributed by atoms with E-state index in [0.29, 0.717) is 18.7 Å². The topological polar surface area (TPSA) is 18.5 Å². The highest BCUT2D eigenvalue weighted by Crippen LogP contribution is 2.32. The van der Waals surface area contributed by atoms with Gasteiger partial charge in [-0.25, -0.2) is 23.0 Å². The van der Waals surface area contributed by atoms with E-state index in [1.54, 1.807) is 30.3 Å². The van der Waals surface area contributed by atoms with Crippen molar-refractivity contribution < 1.29 is 27.0 Å². The third-order valence-electron chi connectivity index (χ3n) is 5.65. The molecule has 0 aromatic heterocycles. The zero-order valence-corrected chi connectivity index (χ0v) is 16.0. The first-order valence-electron chi connectivity index (χ1n) is 9.40. The van der Waals surface area contributed by atoms with E-state index < -0.39 is 48.2 Å². The predicted molar refractivity (Wildman–Crippen MR) is 104 cm³/mol. The van der Waals surface area contributed by atoms with Gasteiger partial charge in [0.1, 0.15) is 11.6 Å². The maximum absolute atomic E-state index is 14.5. The standard InChI is InChI=1S/C21H22BF4O2/c1-3-13-5-7-14(8-6-13)22-16-19(25)17(23)15(18(24)20(16)26)9-27-10-21(4-2)11-28-12-21/h3,5-8H,1,4,9-12,22H2,2H3/q-1. The summed E-state index contributed by atoms with van der Waals surface area (Å²) >= 11 is 0. The second kappa shape index (κ2) is 8.49. The Kier molecular flexibility index (Phi) is 6.25. The molecule has 28 heavy (non-hydrogen) atoms. The zero-order valence-electron chi connectivity index (χ0n) is 16.0. The predicted octanol–water partition coefficient (Wildman–Crippen LogP) is 2.95. The van der Waals surface area contributed by atoms with Gasteiger partial charge in [0.25, 0.3) is 0 Å². The first-order chi connectivity index (χ1) is 13.4. The highest BCUT2D eigenvalue weighted by Gasteiger charge is 2.37. The van der Waals surface area contributed by atoms with E-state index >= 15 is 0 Å². The van der Waals surface area contributed by atoms with E-state index in [0.717, 1.165) is 12.0 Å². The van der Waals surface area contributed by atoms with Gasteiger partial charge in [-0.3, -0.25) is 0 Å². The van der Waals surface area contributed by atoms with E-state index in [-0.39, 0.29) is 12.0 Å². The van der Waals surface area contributed by atoms with Crippen LogP contribution >= 0.6 is 0 Å². The Morgan fingerprint density at radius 1 is 1.07 bits per heavy atom. The van der Waals surface area contributed by atoms with Crippen molar-refractivity contribution in [2.45, 2.75) is 20.0 Å². The fourth-order valence-electron chi connectivity index (χ4n) is 3.44. The fraction of sp³-hybridized carbons (Fsp3) is 0.333. The van der Waals surface area contributed by atoms with E-state index in [9.17, 15) is 17.6 Å². The van der Waals surface area contributed by atoms with Gasteiger partial charge >= 0.3 is 0 Å². The number of hydrogen-bond acceptors (Lipinski definition) is 2. The highest BCUT2D eigenvalue weighted by atomic mass is 19.2. The lowest BCUT2D eigenvalue weighted by atomic mass is 9.63. The summed E-state index contributed by atoms with van der Waals surface area (Å²) < 4.78 is 68.4. The maximum atomic E-state index is 14.5. The molecule has 150 valence electrons. The Bertz CT molecular complexity index is 829. The monoisotopic (exact) mass is 393 g/mol. The minimum Gasteiger partial charge on any atom is -0.380 e. The summed E-state index contributed by atoms with van der Waals surface area (Å²) in [5, 5.41) is 0. The summed E-state index contributed by atoms with van der Waals surface area (Å²) in [4.78, 5) is 0. The number of rotatable bonds is 8. The molecule has 1 aliphatic rings. The van der Waals surface area contributed by atoms with Crippen LogP contribution in [0.25, 0.3) is 6.08 Å². The van der Waals surface area contributed by atoms with Gasteiger partial charge in [0.15, 0.2) is 11.6 Å². The van der Waals surface area contributed by atoms with Gasteiger partial charge in [0.05, 0.1) is 32.0 Å². The Morgan fingerprint density at radius 3 is 2.14 bits per heavy atom. The maximum Gasteiger partial charge on any atom is 0.164 e. The van der Waals surface area contributed by atoms with Gasteiger partial charge in [0, 0.05) is 12.7 Å². The van der Waals surface area contributed by atoms with Crippen LogP contribution in [0.1, 0.15) is 24.5 Å². The summed E-state index contributed by atoms with van der Waals surface area (Å²) in [6, 6.07) is 6.86. The first-order valence-corrected chi connectivity index (χ1v) is 9.40. The van der Waals surface area contributed by atoms with Crippen molar-refractivity contribution in [1.29, 1.82) is 0 Å². The van der Waals surface area contributed by atoms with Gasteiger partial charge in [-0.05, 0) is 12.0 Å². The minimum absolute atomic E-state index is 0.187. The zero-order chi connectivity index (χ0) is 20.3. The number of ether oxygens (including phenoxy) is 2. The summed E-state index contributed by atoms with van der Waals surface area (Å²) in [5.41, 5.74) is 0.0960. The molecule has 2 nitrogen and oxygen atoms in total. The van der Waals surface area contributed by atoms with Crippen molar-refractivity contribution in [1.82, 2.24) is 0 Å². The smallest absolute Gasteiger partial charge is 0.164 e. The molecule has 1 fully saturated rings. The number of hydrogen-bond donors (Lipinski definition) is 0. The van der Waals surface area contributed by atoms with Crippen LogP contribution in [0.4, 0.5) is 17.6 Å². The lowest BCUT2D eigenvalue weighted by Crippen LogP contribution is -2.45. The quantitative estimate of drug-likeness (QED) is 0.390. The van der Waals surface area contributed by atoms with Crippen molar-refractivity contribution in [3.05, 3.63) is 65.2 Å². The van der Waals surface area contributed by atoms with Crippen molar-refractivity contribution in [2.75, 3.05) is 19.8 Å². The number of halogens is 4. The molecule has 1 aliphatic heterocycles.